The molecule has 0 aliphatic heterocycles. The molecule has 2 heterocycles. The van der Waals surface area contributed by atoms with Crippen molar-refractivity contribution in [1.82, 2.24) is 14.5 Å². The van der Waals surface area contributed by atoms with E-state index in [-0.39, 0.29) is 5.28 Å². The molecule has 0 spiro atoms. The maximum atomic E-state index is 5.94. The number of hydrogen-bond acceptors (Lipinski definition) is 3. The van der Waals surface area contributed by atoms with Crippen molar-refractivity contribution in [2.75, 3.05) is 19.0 Å². The highest BCUT2D eigenvalue weighted by molar-refractivity contribution is 6.28. The predicted octanol–water partition coefficient (Wildman–Crippen LogP) is 3.14. The molecule has 19 heavy (non-hydrogen) atoms. The van der Waals surface area contributed by atoms with Gasteiger partial charge in [-0.2, -0.15) is 4.98 Å². The zero-order valence-corrected chi connectivity index (χ0v) is 11.5. The summed E-state index contributed by atoms with van der Waals surface area (Å²) < 4.78 is 2.03. The van der Waals surface area contributed by atoms with Gasteiger partial charge < -0.3 is 4.90 Å². The highest BCUT2D eigenvalue weighted by Gasteiger charge is 2.12. The highest BCUT2D eigenvalue weighted by atomic mass is 35.5. The zero-order chi connectivity index (χ0) is 13.4. The highest BCUT2D eigenvalue weighted by Crippen LogP contribution is 2.26. The first-order chi connectivity index (χ1) is 9.16. The van der Waals surface area contributed by atoms with Crippen LogP contribution in [0.2, 0.25) is 5.28 Å². The van der Waals surface area contributed by atoms with Crippen molar-refractivity contribution < 1.29 is 0 Å². The number of benzene rings is 1. The third kappa shape index (κ3) is 2.04. The van der Waals surface area contributed by atoms with Crippen molar-refractivity contribution in [2.24, 2.45) is 0 Å². The van der Waals surface area contributed by atoms with E-state index in [4.69, 9.17) is 11.6 Å². The van der Waals surface area contributed by atoms with Crippen LogP contribution in [0.25, 0.3) is 16.7 Å². The third-order valence-electron chi connectivity index (χ3n) is 3.03. The summed E-state index contributed by atoms with van der Waals surface area (Å²) in [5, 5.41) is 1.42. The molecule has 0 amide bonds. The summed E-state index contributed by atoms with van der Waals surface area (Å²) in [6.45, 7) is 0. The fourth-order valence-electron chi connectivity index (χ4n) is 2.11. The third-order valence-corrected chi connectivity index (χ3v) is 3.21. The van der Waals surface area contributed by atoms with Crippen LogP contribution in [0.1, 0.15) is 0 Å². The second-order valence-corrected chi connectivity index (χ2v) is 4.82. The molecule has 0 saturated heterocycles. The second-order valence-electron chi connectivity index (χ2n) is 4.49. The number of aromatic nitrogens is 3. The summed E-state index contributed by atoms with van der Waals surface area (Å²) >= 11 is 5.94. The quantitative estimate of drug-likeness (QED) is 0.672. The van der Waals surface area contributed by atoms with Crippen molar-refractivity contribution in [3.05, 3.63) is 48.0 Å². The molecule has 4 nitrogen and oxygen atoms in total. The Kier molecular flexibility index (Phi) is 2.87. The molecule has 0 aliphatic rings. The summed E-state index contributed by atoms with van der Waals surface area (Å²) in [4.78, 5) is 10.4. The molecule has 1 aromatic carbocycles. The van der Waals surface area contributed by atoms with Crippen molar-refractivity contribution >= 4 is 28.2 Å². The van der Waals surface area contributed by atoms with Gasteiger partial charge in [0.25, 0.3) is 0 Å². The topological polar surface area (TPSA) is 34.0 Å². The first-order valence-corrected chi connectivity index (χ1v) is 6.31. The van der Waals surface area contributed by atoms with E-state index in [0.717, 1.165) is 17.0 Å². The molecule has 0 N–H and O–H groups in total. The van der Waals surface area contributed by atoms with Crippen LogP contribution in [0.4, 0.5) is 5.69 Å². The SMILES string of the molecule is CN(C)c1cnc(Cl)nc1-n1ccc2ccccc21. The number of para-hydroxylation sites is 1. The Labute approximate surface area is 116 Å². The van der Waals surface area contributed by atoms with Gasteiger partial charge in [-0.1, -0.05) is 18.2 Å². The Bertz CT molecular complexity index is 733. The van der Waals surface area contributed by atoms with Gasteiger partial charge in [0, 0.05) is 20.3 Å². The lowest BCUT2D eigenvalue weighted by Crippen LogP contribution is -2.14. The van der Waals surface area contributed by atoms with Crippen LogP contribution in [-0.2, 0) is 0 Å². The van der Waals surface area contributed by atoms with Crippen LogP contribution in [0.15, 0.2) is 42.7 Å². The minimum atomic E-state index is 0.249. The Balaban J connectivity index is 2.29. The van der Waals surface area contributed by atoms with Crippen molar-refractivity contribution in [3.8, 4) is 5.82 Å². The van der Waals surface area contributed by atoms with Crippen LogP contribution >= 0.6 is 11.6 Å². The lowest BCUT2D eigenvalue weighted by molar-refractivity contribution is 0.975. The van der Waals surface area contributed by atoms with Crippen LogP contribution in [0.3, 0.4) is 0 Å². The molecule has 0 bridgehead atoms. The number of rotatable bonds is 2. The predicted molar refractivity (Wildman–Crippen MR) is 78.2 cm³/mol. The van der Waals surface area contributed by atoms with Gasteiger partial charge in [0.1, 0.15) is 0 Å². The maximum Gasteiger partial charge on any atom is 0.224 e. The van der Waals surface area contributed by atoms with E-state index in [1.165, 1.54) is 5.39 Å². The van der Waals surface area contributed by atoms with Crippen LogP contribution in [-0.4, -0.2) is 28.6 Å². The van der Waals surface area contributed by atoms with Crippen molar-refractivity contribution in [1.29, 1.82) is 0 Å². The van der Waals surface area contributed by atoms with Gasteiger partial charge >= 0.3 is 0 Å². The molecule has 0 atom stereocenters. The smallest absolute Gasteiger partial charge is 0.224 e. The molecule has 2 aromatic heterocycles. The summed E-state index contributed by atoms with van der Waals surface area (Å²) in [5.41, 5.74) is 2.02. The largest absolute Gasteiger partial charge is 0.373 e. The summed E-state index contributed by atoms with van der Waals surface area (Å²) in [7, 11) is 3.92. The molecular formula is C14H13ClN4. The van der Waals surface area contributed by atoms with E-state index >= 15 is 0 Å². The number of hydrogen-bond donors (Lipinski definition) is 0. The number of nitrogens with zero attached hydrogens (tertiary/aromatic N) is 4. The molecule has 0 fully saturated rings. The van der Waals surface area contributed by atoms with E-state index in [1.54, 1.807) is 6.20 Å². The van der Waals surface area contributed by atoms with Gasteiger partial charge in [0.05, 0.1) is 17.4 Å². The average Bonchev–Trinajstić information content (AvgIpc) is 2.82. The number of anilines is 1. The Morgan fingerprint density at radius 1 is 1.16 bits per heavy atom. The lowest BCUT2D eigenvalue weighted by atomic mass is 10.2. The Hall–Kier alpha value is -2.07. The summed E-state index contributed by atoms with van der Waals surface area (Å²) in [6.07, 6.45) is 3.73. The molecule has 3 rings (SSSR count). The van der Waals surface area contributed by atoms with Gasteiger partial charge in [-0.25, -0.2) is 4.98 Å². The molecule has 5 heteroatoms. The maximum absolute atomic E-state index is 5.94. The van der Waals surface area contributed by atoms with Crippen LogP contribution < -0.4 is 4.90 Å². The summed E-state index contributed by atoms with van der Waals surface area (Å²) in [5.74, 6) is 0.784. The molecular weight excluding hydrogens is 260 g/mol. The number of fused-ring (bicyclic) bond motifs is 1. The van der Waals surface area contributed by atoms with Gasteiger partial charge in [-0.15, -0.1) is 0 Å². The Morgan fingerprint density at radius 2 is 1.95 bits per heavy atom. The van der Waals surface area contributed by atoms with Crippen LogP contribution in [0, 0.1) is 0 Å². The van der Waals surface area contributed by atoms with E-state index in [9.17, 15) is 0 Å². The zero-order valence-electron chi connectivity index (χ0n) is 10.7. The first kappa shape index (κ1) is 12.0. The molecule has 0 unspecified atom stereocenters. The second kappa shape index (κ2) is 4.55. The molecule has 0 radical (unpaired) electrons. The van der Waals surface area contributed by atoms with E-state index in [2.05, 4.69) is 28.2 Å². The van der Waals surface area contributed by atoms with E-state index < -0.39 is 0 Å². The van der Waals surface area contributed by atoms with E-state index in [1.807, 2.05) is 41.9 Å². The minimum absolute atomic E-state index is 0.249. The van der Waals surface area contributed by atoms with Crippen LogP contribution in [0.5, 0.6) is 0 Å². The minimum Gasteiger partial charge on any atom is -0.373 e. The van der Waals surface area contributed by atoms with Crippen molar-refractivity contribution in [3.63, 3.8) is 0 Å². The Morgan fingerprint density at radius 3 is 2.74 bits per heavy atom. The van der Waals surface area contributed by atoms with Crippen molar-refractivity contribution in [2.45, 2.75) is 0 Å². The summed E-state index contributed by atoms with van der Waals surface area (Å²) in [6, 6.07) is 10.2. The standard InChI is InChI=1S/C14H13ClN4/c1-18(2)12-9-16-14(15)17-13(12)19-8-7-10-5-3-4-6-11(10)19/h3-9H,1-2H3. The van der Waals surface area contributed by atoms with Gasteiger partial charge in [-0.05, 0) is 29.1 Å². The molecule has 0 aliphatic carbocycles. The van der Waals surface area contributed by atoms with Gasteiger partial charge in [0.2, 0.25) is 5.28 Å². The average molecular weight is 273 g/mol. The molecule has 3 aromatic rings. The lowest BCUT2D eigenvalue weighted by Gasteiger charge is -2.17. The molecule has 96 valence electrons. The van der Waals surface area contributed by atoms with E-state index in [0.29, 0.717) is 0 Å². The monoisotopic (exact) mass is 272 g/mol. The van der Waals surface area contributed by atoms with Gasteiger partial charge in [0.15, 0.2) is 5.82 Å². The fraction of sp³-hybridized carbons (Fsp3) is 0.143. The first-order valence-electron chi connectivity index (χ1n) is 5.93. The van der Waals surface area contributed by atoms with Gasteiger partial charge in [-0.3, -0.25) is 4.57 Å². The fourth-order valence-corrected chi connectivity index (χ4v) is 2.23. The molecule has 0 saturated carbocycles. The normalized spacial score (nSPS) is 10.9. The number of halogens is 1.